The predicted molar refractivity (Wildman–Crippen MR) is 100.0 cm³/mol. The topological polar surface area (TPSA) is 104 Å². The Bertz CT molecular complexity index is 984. The molecule has 2 aromatic carbocycles. The van der Waals surface area contributed by atoms with Crippen molar-refractivity contribution in [2.75, 3.05) is 19.0 Å². The van der Waals surface area contributed by atoms with Gasteiger partial charge < -0.3 is 20.5 Å². The molecule has 0 radical (unpaired) electrons. The van der Waals surface area contributed by atoms with Gasteiger partial charge in [-0.25, -0.2) is 4.98 Å². The van der Waals surface area contributed by atoms with Crippen LogP contribution in [0.1, 0.15) is 15.4 Å². The molecule has 0 atom stereocenters. The van der Waals surface area contributed by atoms with Gasteiger partial charge in [0, 0.05) is 11.3 Å². The molecule has 0 saturated carbocycles. The van der Waals surface area contributed by atoms with Crippen molar-refractivity contribution in [1.29, 1.82) is 0 Å². The van der Waals surface area contributed by atoms with E-state index >= 15 is 0 Å². The SMILES string of the molecule is COc1cc(C(=O)Nc2ccc3nc(C)sc3c2)ccc1OCC(N)=O. The summed E-state index contributed by atoms with van der Waals surface area (Å²) in [5.74, 6) is -0.204. The average Bonchev–Trinajstić information content (AvgIpc) is 2.98. The van der Waals surface area contributed by atoms with Crippen LogP contribution in [0.2, 0.25) is 0 Å². The summed E-state index contributed by atoms with van der Waals surface area (Å²) in [6, 6.07) is 10.3. The molecule has 1 heterocycles. The Balaban J connectivity index is 1.78. The van der Waals surface area contributed by atoms with Crippen molar-refractivity contribution in [2.45, 2.75) is 6.92 Å². The Morgan fingerprint density at radius 1 is 1.19 bits per heavy atom. The maximum atomic E-state index is 12.5. The number of nitrogens with zero attached hydrogens (tertiary/aromatic N) is 1. The summed E-state index contributed by atoms with van der Waals surface area (Å²) < 4.78 is 11.5. The molecule has 2 amide bonds. The number of methoxy groups -OCH3 is 1. The van der Waals surface area contributed by atoms with Crippen LogP contribution in [0.15, 0.2) is 36.4 Å². The van der Waals surface area contributed by atoms with E-state index < -0.39 is 5.91 Å². The number of anilines is 1. The van der Waals surface area contributed by atoms with E-state index in [1.807, 2.05) is 19.1 Å². The molecule has 0 spiro atoms. The molecular formula is C18H17N3O4S. The second kappa shape index (κ2) is 7.40. The molecule has 0 aliphatic rings. The minimum absolute atomic E-state index is 0.268. The molecule has 3 N–H and O–H groups in total. The highest BCUT2D eigenvalue weighted by Gasteiger charge is 2.13. The molecule has 3 aromatic rings. The number of nitrogens with one attached hydrogen (secondary N) is 1. The Morgan fingerprint density at radius 3 is 2.73 bits per heavy atom. The predicted octanol–water partition coefficient (Wildman–Crippen LogP) is 2.73. The molecule has 3 rings (SSSR count). The van der Waals surface area contributed by atoms with Crippen LogP contribution in [-0.4, -0.2) is 30.5 Å². The number of carbonyl (C=O) groups excluding carboxylic acids is 2. The Labute approximate surface area is 153 Å². The second-order valence-corrected chi connectivity index (χ2v) is 6.72. The van der Waals surface area contributed by atoms with Crippen LogP contribution in [0.25, 0.3) is 10.2 Å². The summed E-state index contributed by atoms with van der Waals surface area (Å²) in [6.07, 6.45) is 0. The first-order valence-corrected chi connectivity index (χ1v) is 8.55. The highest BCUT2D eigenvalue weighted by atomic mass is 32.1. The molecule has 8 heteroatoms. The van der Waals surface area contributed by atoms with E-state index in [0.29, 0.717) is 22.7 Å². The number of ether oxygens (including phenoxy) is 2. The van der Waals surface area contributed by atoms with E-state index in [4.69, 9.17) is 15.2 Å². The Morgan fingerprint density at radius 2 is 2.00 bits per heavy atom. The zero-order chi connectivity index (χ0) is 18.7. The molecule has 0 saturated heterocycles. The summed E-state index contributed by atoms with van der Waals surface area (Å²) in [5, 5.41) is 3.82. The van der Waals surface area contributed by atoms with Crippen LogP contribution in [0, 0.1) is 6.92 Å². The molecule has 0 bridgehead atoms. The fourth-order valence-corrected chi connectivity index (χ4v) is 3.26. The van der Waals surface area contributed by atoms with Crippen LogP contribution in [-0.2, 0) is 4.79 Å². The smallest absolute Gasteiger partial charge is 0.255 e. The quantitative estimate of drug-likeness (QED) is 0.693. The van der Waals surface area contributed by atoms with Gasteiger partial charge in [-0.1, -0.05) is 0 Å². The minimum atomic E-state index is -0.595. The third-order valence-corrected chi connectivity index (χ3v) is 4.48. The van der Waals surface area contributed by atoms with Crippen molar-refractivity contribution in [3.8, 4) is 11.5 Å². The Kier molecular flexibility index (Phi) is 5.04. The van der Waals surface area contributed by atoms with Gasteiger partial charge in [0.1, 0.15) is 0 Å². The zero-order valence-electron chi connectivity index (χ0n) is 14.2. The van der Waals surface area contributed by atoms with Gasteiger partial charge in [0.15, 0.2) is 18.1 Å². The van der Waals surface area contributed by atoms with Crippen LogP contribution in [0.5, 0.6) is 11.5 Å². The molecule has 0 aliphatic heterocycles. The standard InChI is InChI=1S/C18H17N3O4S/c1-10-20-13-5-4-12(8-16(13)26-10)21-18(23)11-3-6-14(15(7-11)24-2)25-9-17(19)22/h3-8H,9H2,1-2H3,(H2,19,22)(H,21,23). The molecular weight excluding hydrogens is 354 g/mol. The largest absolute Gasteiger partial charge is 0.493 e. The Hall–Kier alpha value is -3.13. The highest BCUT2D eigenvalue weighted by molar-refractivity contribution is 7.18. The number of primary amides is 1. The first-order chi connectivity index (χ1) is 12.5. The number of hydrogen-bond acceptors (Lipinski definition) is 6. The molecule has 7 nitrogen and oxygen atoms in total. The van der Waals surface area contributed by atoms with Gasteiger partial charge in [0.2, 0.25) is 0 Å². The highest BCUT2D eigenvalue weighted by Crippen LogP contribution is 2.29. The number of thiazole rings is 1. The van der Waals surface area contributed by atoms with Crippen molar-refractivity contribution < 1.29 is 19.1 Å². The number of amides is 2. The fourth-order valence-electron chi connectivity index (χ4n) is 2.40. The lowest BCUT2D eigenvalue weighted by Crippen LogP contribution is -2.20. The van der Waals surface area contributed by atoms with Crippen molar-refractivity contribution in [3.63, 3.8) is 0 Å². The molecule has 0 aliphatic carbocycles. The summed E-state index contributed by atoms with van der Waals surface area (Å²) in [5.41, 5.74) is 7.05. The van der Waals surface area contributed by atoms with Gasteiger partial charge in [-0.3, -0.25) is 9.59 Å². The zero-order valence-corrected chi connectivity index (χ0v) is 15.1. The molecule has 0 fully saturated rings. The van der Waals surface area contributed by atoms with Crippen LogP contribution < -0.4 is 20.5 Å². The fraction of sp³-hybridized carbons (Fsp3) is 0.167. The number of aryl methyl sites for hydroxylation is 1. The van der Waals surface area contributed by atoms with Gasteiger partial charge in [-0.2, -0.15) is 0 Å². The van der Waals surface area contributed by atoms with E-state index in [1.54, 1.807) is 35.6 Å². The van der Waals surface area contributed by atoms with E-state index in [0.717, 1.165) is 15.2 Å². The molecule has 134 valence electrons. The van der Waals surface area contributed by atoms with Crippen molar-refractivity contribution in [2.24, 2.45) is 5.73 Å². The summed E-state index contributed by atoms with van der Waals surface area (Å²) in [7, 11) is 1.45. The number of hydrogen-bond donors (Lipinski definition) is 2. The average molecular weight is 371 g/mol. The third kappa shape index (κ3) is 3.92. The minimum Gasteiger partial charge on any atom is -0.493 e. The second-order valence-electron chi connectivity index (χ2n) is 5.49. The van der Waals surface area contributed by atoms with Gasteiger partial charge in [0.25, 0.3) is 11.8 Å². The maximum Gasteiger partial charge on any atom is 0.255 e. The lowest BCUT2D eigenvalue weighted by molar-refractivity contribution is -0.119. The van der Waals surface area contributed by atoms with Crippen molar-refractivity contribution in [3.05, 3.63) is 47.0 Å². The monoisotopic (exact) mass is 371 g/mol. The van der Waals surface area contributed by atoms with Gasteiger partial charge in [0.05, 0.1) is 22.3 Å². The number of aromatic nitrogens is 1. The van der Waals surface area contributed by atoms with Gasteiger partial charge >= 0.3 is 0 Å². The van der Waals surface area contributed by atoms with Crippen molar-refractivity contribution in [1.82, 2.24) is 4.98 Å². The maximum absolute atomic E-state index is 12.5. The molecule has 1 aromatic heterocycles. The lowest BCUT2D eigenvalue weighted by Gasteiger charge is -2.11. The lowest BCUT2D eigenvalue weighted by atomic mass is 10.1. The number of rotatable bonds is 6. The summed E-state index contributed by atoms with van der Waals surface area (Å²) >= 11 is 1.57. The molecule has 26 heavy (non-hydrogen) atoms. The normalized spacial score (nSPS) is 10.5. The first kappa shape index (κ1) is 17.7. The van der Waals surface area contributed by atoms with Crippen molar-refractivity contribution >= 4 is 39.1 Å². The number of nitrogens with two attached hydrogens (primary N) is 1. The third-order valence-electron chi connectivity index (χ3n) is 3.55. The van der Waals surface area contributed by atoms with Crippen LogP contribution in [0.3, 0.4) is 0 Å². The van der Waals surface area contributed by atoms with Gasteiger partial charge in [-0.15, -0.1) is 11.3 Å². The van der Waals surface area contributed by atoms with Crippen LogP contribution in [0.4, 0.5) is 5.69 Å². The first-order valence-electron chi connectivity index (χ1n) is 7.74. The summed E-state index contributed by atoms with van der Waals surface area (Å²) in [4.78, 5) is 27.7. The van der Waals surface area contributed by atoms with E-state index in [9.17, 15) is 9.59 Å². The number of carbonyl (C=O) groups is 2. The summed E-state index contributed by atoms with van der Waals surface area (Å²) in [6.45, 7) is 1.67. The van der Waals surface area contributed by atoms with E-state index in [1.165, 1.54) is 7.11 Å². The number of benzene rings is 2. The van der Waals surface area contributed by atoms with Crippen LogP contribution >= 0.6 is 11.3 Å². The van der Waals surface area contributed by atoms with E-state index in [2.05, 4.69) is 10.3 Å². The number of fused-ring (bicyclic) bond motifs is 1. The molecule has 0 unspecified atom stereocenters. The van der Waals surface area contributed by atoms with Gasteiger partial charge in [-0.05, 0) is 43.3 Å². The van der Waals surface area contributed by atoms with E-state index in [-0.39, 0.29) is 12.5 Å².